The van der Waals surface area contributed by atoms with Crippen LogP contribution < -0.4 is 9.47 Å². The first-order valence-electron chi connectivity index (χ1n) is 13.4. The Hall–Kier alpha value is -3.02. The van der Waals surface area contributed by atoms with Gasteiger partial charge in [0.05, 0.1) is 29.2 Å². The Morgan fingerprint density at radius 2 is 1.67 bits per heavy atom. The fraction of sp³-hybridized carbons (Fsp3) is 0.375. The monoisotopic (exact) mass is 567 g/mol. The van der Waals surface area contributed by atoms with E-state index in [1.54, 1.807) is 13.2 Å². The fourth-order valence-electron chi connectivity index (χ4n) is 4.72. The number of rotatable bonds is 10. The topological polar surface area (TPSA) is 57.7 Å². The highest BCUT2D eigenvalue weighted by Gasteiger charge is 2.23. The SMILES string of the molecule is COc1ccc(/C(=C/c2c(Cl)cncc2Cl)OC(=O)C(C)c2ccc(CC(C)C)cc2)cc1OC1CCCC1. The molecule has 1 aromatic heterocycles. The van der Waals surface area contributed by atoms with E-state index in [1.807, 2.05) is 37.3 Å². The molecule has 0 bridgehead atoms. The van der Waals surface area contributed by atoms with Gasteiger partial charge < -0.3 is 14.2 Å². The van der Waals surface area contributed by atoms with Crippen molar-refractivity contribution in [1.82, 2.24) is 4.98 Å². The number of ether oxygens (including phenoxy) is 3. The van der Waals surface area contributed by atoms with E-state index in [0.29, 0.717) is 44.3 Å². The molecule has 1 saturated carbocycles. The molecule has 3 aromatic rings. The number of carbonyl (C=O) groups is 1. The minimum absolute atomic E-state index is 0.131. The van der Waals surface area contributed by atoms with E-state index >= 15 is 0 Å². The number of nitrogens with zero attached hydrogens (tertiary/aromatic N) is 1. The predicted octanol–water partition coefficient (Wildman–Crippen LogP) is 8.76. The summed E-state index contributed by atoms with van der Waals surface area (Å²) in [6, 6.07) is 13.6. The van der Waals surface area contributed by atoms with E-state index in [4.69, 9.17) is 37.4 Å². The van der Waals surface area contributed by atoms with Gasteiger partial charge >= 0.3 is 5.97 Å². The van der Waals surface area contributed by atoms with Gasteiger partial charge in [0.2, 0.25) is 0 Å². The number of benzene rings is 2. The van der Waals surface area contributed by atoms with Gasteiger partial charge in [-0.1, -0.05) is 61.3 Å². The van der Waals surface area contributed by atoms with Gasteiger partial charge in [-0.3, -0.25) is 9.78 Å². The van der Waals surface area contributed by atoms with Crippen LogP contribution in [0.4, 0.5) is 0 Å². The van der Waals surface area contributed by atoms with Crippen molar-refractivity contribution >= 4 is 41.0 Å². The smallest absolute Gasteiger partial charge is 0.318 e. The molecule has 0 aliphatic heterocycles. The highest BCUT2D eigenvalue weighted by molar-refractivity contribution is 6.37. The zero-order valence-corrected chi connectivity index (χ0v) is 24.4. The Balaban J connectivity index is 1.67. The number of methoxy groups -OCH3 is 1. The molecule has 0 radical (unpaired) electrons. The summed E-state index contributed by atoms with van der Waals surface area (Å²) < 4.78 is 17.9. The lowest BCUT2D eigenvalue weighted by Gasteiger charge is -2.19. The molecule has 0 saturated heterocycles. The summed E-state index contributed by atoms with van der Waals surface area (Å²) in [5.74, 6) is 1.20. The van der Waals surface area contributed by atoms with Crippen LogP contribution >= 0.6 is 23.2 Å². The molecule has 1 heterocycles. The summed E-state index contributed by atoms with van der Waals surface area (Å²) in [5, 5.41) is 0.696. The first kappa shape index (κ1) is 29.0. The lowest BCUT2D eigenvalue weighted by Crippen LogP contribution is -2.14. The lowest BCUT2D eigenvalue weighted by atomic mass is 9.97. The van der Waals surface area contributed by atoms with Crippen LogP contribution in [0, 0.1) is 5.92 Å². The third-order valence-corrected chi connectivity index (χ3v) is 7.50. The minimum Gasteiger partial charge on any atom is -0.493 e. The molecule has 0 amide bonds. The molecule has 1 atom stereocenters. The predicted molar refractivity (Wildman–Crippen MR) is 157 cm³/mol. The van der Waals surface area contributed by atoms with Crippen molar-refractivity contribution < 1.29 is 19.0 Å². The van der Waals surface area contributed by atoms with Crippen molar-refractivity contribution in [2.45, 2.75) is 64.9 Å². The molecule has 1 fully saturated rings. The summed E-state index contributed by atoms with van der Waals surface area (Å²) in [7, 11) is 1.61. The third kappa shape index (κ3) is 7.55. The van der Waals surface area contributed by atoms with E-state index in [0.717, 1.165) is 37.7 Å². The number of esters is 1. The number of hydrogen-bond donors (Lipinski definition) is 0. The van der Waals surface area contributed by atoms with E-state index in [2.05, 4.69) is 31.0 Å². The maximum Gasteiger partial charge on any atom is 0.318 e. The fourth-order valence-corrected chi connectivity index (χ4v) is 5.19. The molecule has 206 valence electrons. The second-order valence-corrected chi connectivity index (χ2v) is 11.2. The van der Waals surface area contributed by atoms with Gasteiger partial charge in [-0.25, -0.2) is 0 Å². The van der Waals surface area contributed by atoms with Crippen LogP contribution in [0.3, 0.4) is 0 Å². The number of hydrogen-bond acceptors (Lipinski definition) is 5. The Labute approximate surface area is 241 Å². The number of pyridine rings is 1. The highest BCUT2D eigenvalue weighted by atomic mass is 35.5. The van der Waals surface area contributed by atoms with Gasteiger partial charge in [0.25, 0.3) is 0 Å². The zero-order valence-electron chi connectivity index (χ0n) is 22.9. The van der Waals surface area contributed by atoms with Crippen molar-refractivity contribution in [3.05, 3.63) is 87.2 Å². The van der Waals surface area contributed by atoms with Gasteiger partial charge in [-0.05, 0) is 80.3 Å². The Bertz CT molecular complexity index is 1290. The molecular formula is C32H35Cl2NO4. The van der Waals surface area contributed by atoms with E-state index < -0.39 is 11.9 Å². The molecule has 2 aromatic carbocycles. The number of carbonyl (C=O) groups excluding carboxylic acids is 1. The van der Waals surface area contributed by atoms with Crippen molar-refractivity contribution in [2.24, 2.45) is 5.92 Å². The largest absolute Gasteiger partial charge is 0.493 e. The van der Waals surface area contributed by atoms with Crippen LogP contribution in [0.1, 0.15) is 74.6 Å². The van der Waals surface area contributed by atoms with E-state index in [-0.39, 0.29) is 6.10 Å². The van der Waals surface area contributed by atoms with Crippen LogP contribution in [-0.4, -0.2) is 24.2 Å². The maximum absolute atomic E-state index is 13.4. The summed E-state index contributed by atoms with van der Waals surface area (Å²) in [6.07, 6.45) is 10.1. The molecule has 1 aliphatic rings. The van der Waals surface area contributed by atoms with E-state index in [1.165, 1.54) is 18.0 Å². The van der Waals surface area contributed by atoms with Crippen LogP contribution in [0.15, 0.2) is 54.9 Å². The Kier molecular flexibility index (Phi) is 9.93. The van der Waals surface area contributed by atoms with E-state index in [9.17, 15) is 4.79 Å². The first-order chi connectivity index (χ1) is 18.7. The molecule has 5 nitrogen and oxygen atoms in total. The molecule has 1 unspecified atom stereocenters. The third-order valence-electron chi connectivity index (χ3n) is 6.90. The summed E-state index contributed by atoms with van der Waals surface area (Å²) >= 11 is 12.8. The van der Waals surface area contributed by atoms with Crippen molar-refractivity contribution in [3.8, 4) is 11.5 Å². The molecule has 39 heavy (non-hydrogen) atoms. The van der Waals surface area contributed by atoms with Crippen LogP contribution in [0.5, 0.6) is 11.5 Å². The number of aromatic nitrogens is 1. The van der Waals surface area contributed by atoms with Gasteiger partial charge in [0, 0.05) is 23.5 Å². The average Bonchev–Trinajstić information content (AvgIpc) is 3.43. The first-order valence-corrected chi connectivity index (χ1v) is 14.2. The van der Waals surface area contributed by atoms with Crippen LogP contribution in [0.25, 0.3) is 11.8 Å². The Morgan fingerprint density at radius 1 is 1.00 bits per heavy atom. The number of halogens is 2. The van der Waals surface area contributed by atoms with Crippen molar-refractivity contribution in [3.63, 3.8) is 0 Å². The lowest BCUT2D eigenvalue weighted by molar-refractivity contribution is -0.137. The minimum atomic E-state index is -0.489. The highest BCUT2D eigenvalue weighted by Crippen LogP contribution is 2.36. The molecule has 1 aliphatic carbocycles. The molecule has 7 heteroatoms. The van der Waals surface area contributed by atoms with Gasteiger partial charge in [0.1, 0.15) is 5.76 Å². The molecular weight excluding hydrogens is 533 g/mol. The quantitative estimate of drug-likeness (QED) is 0.181. The standard InChI is InChI=1S/C32H35Cl2NO4/c1-20(2)15-22-9-11-23(12-10-22)21(3)32(36)39-30(17-26-27(33)18-35-19-28(26)34)24-13-14-29(37-4)31(16-24)38-25-7-5-6-8-25/h9-14,16-21,25H,5-8,15H2,1-4H3/b30-17-. The van der Waals surface area contributed by atoms with Gasteiger partial charge in [-0.2, -0.15) is 0 Å². The second kappa shape index (κ2) is 13.4. The average molecular weight is 569 g/mol. The van der Waals surface area contributed by atoms with Gasteiger partial charge in [-0.15, -0.1) is 0 Å². The molecule has 4 rings (SSSR count). The van der Waals surface area contributed by atoms with Crippen LogP contribution in [-0.2, 0) is 16.0 Å². The zero-order chi connectivity index (χ0) is 27.9. The summed E-state index contributed by atoms with van der Waals surface area (Å²) in [5.41, 5.74) is 3.27. The Morgan fingerprint density at radius 3 is 2.28 bits per heavy atom. The van der Waals surface area contributed by atoms with Crippen molar-refractivity contribution in [1.29, 1.82) is 0 Å². The summed E-state index contributed by atoms with van der Waals surface area (Å²) in [6.45, 7) is 6.21. The van der Waals surface area contributed by atoms with Crippen LogP contribution in [0.2, 0.25) is 10.0 Å². The molecule has 0 spiro atoms. The summed E-state index contributed by atoms with van der Waals surface area (Å²) in [4.78, 5) is 17.5. The normalized spacial score (nSPS) is 14.9. The van der Waals surface area contributed by atoms with Crippen molar-refractivity contribution in [2.75, 3.05) is 7.11 Å². The maximum atomic E-state index is 13.4. The second-order valence-electron chi connectivity index (χ2n) is 10.4. The molecule has 0 N–H and O–H groups in total. The van der Waals surface area contributed by atoms with Gasteiger partial charge in [0.15, 0.2) is 11.5 Å².